The van der Waals surface area contributed by atoms with Crippen molar-refractivity contribution in [2.45, 2.75) is 58.8 Å². The molecule has 0 aliphatic carbocycles. The standard InChI is InChI=1S/C13H23N3O2/c1-10(9-16-8-6-7-14-16)15-11(2)12(17)18-13(3,4)5/h6-8,10-11,15H,9H2,1-5H3. The molecule has 1 heterocycles. The Morgan fingerprint density at radius 1 is 1.44 bits per heavy atom. The molecule has 0 aromatic carbocycles. The van der Waals surface area contributed by atoms with Crippen LogP contribution in [0.4, 0.5) is 0 Å². The number of nitrogens with one attached hydrogen (secondary N) is 1. The summed E-state index contributed by atoms with van der Waals surface area (Å²) < 4.78 is 7.14. The first kappa shape index (κ1) is 14.7. The van der Waals surface area contributed by atoms with Gasteiger partial charge in [-0.2, -0.15) is 5.10 Å². The summed E-state index contributed by atoms with van der Waals surface area (Å²) in [6, 6.07) is 1.70. The van der Waals surface area contributed by atoms with Crippen LogP contribution in [0.25, 0.3) is 0 Å². The van der Waals surface area contributed by atoms with Crippen molar-refractivity contribution in [2.75, 3.05) is 0 Å². The molecule has 0 saturated carbocycles. The summed E-state index contributed by atoms with van der Waals surface area (Å²) in [5.74, 6) is -0.227. The van der Waals surface area contributed by atoms with Gasteiger partial charge in [-0.05, 0) is 40.7 Å². The number of carbonyl (C=O) groups excluding carboxylic acids is 1. The van der Waals surface area contributed by atoms with Crippen LogP contribution in [0, 0.1) is 0 Å². The molecule has 1 aromatic rings. The molecule has 2 unspecified atom stereocenters. The first-order valence-electron chi connectivity index (χ1n) is 6.24. The fourth-order valence-electron chi connectivity index (χ4n) is 1.63. The second-order valence-corrected chi connectivity index (χ2v) is 5.55. The van der Waals surface area contributed by atoms with Crippen molar-refractivity contribution in [1.82, 2.24) is 15.1 Å². The molecule has 0 amide bonds. The van der Waals surface area contributed by atoms with E-state index in [0.717, 1.165) is 6.54 Å². The Bertz CT molecular complexity index is 368. The van der Waals surface area contributed by atoms with Crippen LogP contribution < -0.4 is 5.32 Å². The molecule has 0 fully saturated rings. The zero-order valence-electron chi connectivity index (χ0n) is 11.8. The van der Waals surface area contributed by atoms with Crippen LogP contribution >= 0.6 is 0 Å². The third kappa shape index (κ3) is 5.31. The van der Waals surface area contributed by atoms with Gasteiger partial charge in [-0.3, -0.25) is 9.48 Å². The molecule has 1 N–H and O–H groups in total. The first-order valence-corrected chi connectivity index (χ1v) is 6.24. The molecular weight excluding hydrogens is 230 g/mol. The Hall–Kier alpha value is -1.36. The van der Waals surface area contributed by atoms with Crippen LogP contribution in [0.5, 0.6) is 0 Å². The van der Waals surface area contributed by atoms with Crippen LogP contribution in [0.1, 0.15) is 34.6 Å². The lowest BCUT2D eigenvalue weighted by atomic mass is 10.2. The first-order chi connectivity index (χ1) is 8.28. The fourth-order valence-corrected chi connectivity index (χ4v) is 1.63. The largest absolute Gasteiger partial charge is 0.459 e. The van der Waals surface area contributed by atoms with Gasteiger partial charge in [-0.15, -0.1) is 0 Å². The number of hydrogen-bond acceptors (Lipinski definition) is 4. The molecule has 1 rings (SSSR count). The molecule has 5 heteroatoms. The lowest BCUT2D eigenvalue weighted by Gasteiger charge is -2.24. The summed E-state index contributed by atoms with van der Waals surface area (Å²) in [5.41, 5.74) is -0.446. The maximum absolute atomic E-state index is 11.8. The highest BCUT2D eigenvalue weighted by molar-refractivity contribution is 5.75. The van der Waals surface area contributed by atoms with E-state index < -0.39 is 5.60 Å². The molecule has 2 atom stereocenters. The summed E-state index contributed by atoms with van der Waals surface area (Å²) in [5, 5.41) is 7.33. The predicted octanol–water partition coefficient (Wildman–Crippen LogP) is 1.59. The number of ether oxygens (including phenoxy) is 1. The summed E-state index contributed by atoms with van der Waals surface area (Å²) in [4.78, 5) is 11.8. The van der Waals surface area contributed by atoms with Crippen molar-refractivity contribution in [3.8, 4) is 0 Å². The van der Waals surface area contributed by atoms with Crippen LogP contribution in [-0.2, 0) is 16.1 Å². The van der Waals surface area contributed by atoms with Crippen molar-refractivity contribution in [3.05, 3.63) is 18.5 Å². The van der Waals surface area contributed by atoms with Gasteiger partial charge in [-0.1, -0.05) is 0 Å². The van der Waals surface area contributed by atoms with Gasteiger partial charge in [-0.25, -0.2) is 0 Å². The molecule has 1 aromatic heterocycles. The fraction of sp³-hybridized carbons (Fsp3) is 0.692. The topological polar surface area (TPSA) is 56.2 Å². The van der Waals surface area contributed by atoms with Gasteiger partial charge < -0.3 is 10.1 Å². The van der Waals surface area contributed by atoms with Gasteiger partial charge in [0.15, 0.2) is 0 Å². The third-order valence-corrected chi connectivity index (χ3v) is 2.31. The van der Waals surface area contributed by atoms with Gasteiger partial charge in [0.2, 0.25) is 0 Å². The molecule has 102 valence electrons. The quantitative estimate of drug-likeness (QED) is 0.810. The molecular formula is C13H23N3O2. The molecule has 5 nitrogen and oxygen atoms in total. The Kier molecular flexibility index (Phi) is 4.90. The second-order valence-electron chi connectivity index (χ2n) is 5.55. The van der Waals surface area contributed by atoms with Crippen molar-refractivity contribution in [2.24, 2.45) is 0 Å². The monoisotopic (exact) mass is 253 g/mol. The van der Waals surface area contributed by atoms with Crippen molar-refractivity contribution >= 4 is 5.97 Å². The summed E-state index contributed by atoms with van der Waals surface area (Å²) in [6.07, 6.45) is 3.64. The maximum Gasteiger partial charge on any atom is 0.323 e. The van der Waals surface area contributed by atoms with E-state index in [9.17, 15) is 4.79 Å². The zero-order chi connectivity index (χ0) is 13.8. The molecule has 0 saturated heterocycles. The number of aromatic nitrogens is 2. The molecule has 0 spiro atoms. The minimum absolute atomic E-state index is 0.146. The van der Waals surface area contributed by atoms with Gasteiger partial charge >= 0.3 is 5.97 Å². The number of hydrogen-bond donors (Lipinski definition) is 1. The van der Waals surface area contributed by atoms with E-state index in [1.807, 2.05) is 51.6 Å². The van der Waals surface area contributed by atoms with E-state index in [-0.39, 0.29) is 18.1 Å². The smallest absolute Gasteiger partial charge is 0.323 e. The highest BCUT2D eigenvalue weighted by Gasteiger charge is 2.22. The molecule has 0 bridgehead atoms. The van der Waals surface area contributed by atoms with E-state index in [0.29, 0.717) is 0 Å². The van der Waals surface area contributed by atoms with Crippen molar-refractivity contribution in [1.29, 1.82) is 0 Å². The average Bonchev–Trinajstić information content (AvgIpc) is 2.67. The number of rotatable bonds is 5. The second kappa shape index (κ2) is 6.00. The lowest BCUT2D eigenvalue weighted by molar-refractivity contribution is -0.157. The van der Waals surface area contributed by atoms with Crippen LogP contribution in [0.3, 0.4) is 0 Å². The predicted molar refractivity (Wildman–Crippen MR) is 70.1 cm³/mol. The molecule has 0 aliphatic heterocycles. The van der Waals surface area contributed by atoms with E-state index in [1.54, 1.807) is 6.20 Å². The van der Waals surface area contributed by atoms with Gasteiger partial charge in [0.05, 0.1) is 6.54 Å². The third-order valence-electron chi connectivity index (χ3n) is 2.31. The molecule has 18 heavy (non-hydrogen) atoms. The molecule has 0 radical (unpaired) electrons. The minimum Gasteiger partial charge on any atom is -0.459 e. The summed E-state index contributed by atoms with van der Waals surface area (Å²) >= 11 is 0. The van der Waals surface area contributed by atoms with E-state index in [2.05, 4.69) is 10.4 Å². The van der Waals surface area contributed by atoms with Crippen molar-refractivity contribution < 1.29 is 9.53 Å². The van der Waals surface area contributed by atoms with Gasteiger partial charge in [0, 0.05) is 18.4 Å². The number of carbonyl (C=O) groups is 1. The van der Waals surface area contributed by atoms with Gasteiger partial charge in [0.1, 0.15) is 11.6 Å². The zero-order valence-corrected chi connectivity index (χ0v) is 11.8. The number of nitrogens with zero attached hydrogens (tertiary/aromatic N) is 2. The van der Waals surface area contributed by atoms with Crippen LogP contribution in [-0.4, -0.2) is 33.4 Å². The maximum atomic E-state index is 11.8. The Morgan fingerprint density at radius 3 is 2.61 bits per heavy atom. The lowest BCUT2D eigenvalue weighted by Crippen LogP contribution is -2.44. The summed E-state index contributed by atoms with van der Waals surface area (Å²) in [7, 11) is 0. The van der Waals surface area contributed by atoms with E-state index in [4.69, 9.17) is 4.74 Å². The number of esters is 1. The summed E-state index contributed by atoms with van der Waals surface area (Å²) in [6.45, 7) is 10.1. The SMILES string of the molecule is CC(Cn1cccn1)NC(C)C(=O)OC(C)(C)C. The molecule has 0 aliphatic rings. The normalized spacial score (nSPS) is 15.2. The highest BCUT2D eigenvalue weighted by Crippen LogP contribution is 2.08. The van der Waals surface area contributed by atoms with Crippen LogP contribution in [0.15, 0.2) is 18.5 Å². The van der Waals surface area contributed by atoms with Gasteiger partial charge in [0.25, 0.3) is 0 Å². The highest BCUT2D eigenvalue weighted by atomic mass is 16.6. The van der Waals surface area contributed by atoms with E-state index >= 15 is 0 Å². The Balaban J connectivity index is 2.39. The minimum atomic E-state index is -0.446. The van der Waals surface area contributed by atoms with E-state index in [1.165, 1.54) is 0 Å². The Labute approximate surface area is 109 Å². The van der Waals surface area contributed by atoms with Crippen LogP contribution in [0.2, 0.25) is 0 Å². The Morgan fingerprint density at radius 2 is 2.11 bits per heavy atom. The average molecular weight is 253 g/mol. The van der Waals surface area contributed by atoms with Crippen molar-refractivity contribution in [3.63, 3.8) is 0 Å².